The van der Waals surface area contributed by atoms with Gasteiger partial charge in [0.05, 0.1) is 19.5 Å². The maximum Gasteiger partial charge on any atom is 0.410 e. The van der Waals surface area contributed by atoms with Crippen LogP contribution < -0.4 is 15.5 Å². The minimum atomic E-state index is -0.517. The summed E-state index contributed by atoms with van der Waals surface area (Å²) < 4.78 is 13.2. The summed E-state index contributed by atoms with van der Waals surface area (Å²) >= 11 is 0. The standard InChI is InChI=1S/C33H42N8O3/c1-33(2,3)44-32(42)40-15-7-10-25(21-40)22-41-23-35-28-29(34-20-24-8-5-4-6-9-24)37-31(38-30(28)41)36-26-11-13-27(14-12-26)39-16-18-43-19-17-39/h4-6,8-9,11-14,23,25H,7,10,15-22H2,1-3H3,(H2,34,36,37,38)/t25-/m1/s1. The van der Waals surface area contributed by atoms with Crippen molar-refractivity contribution < 1.29 is 14.3 Å². The van der Waals surface area contributed by atoms with Crippen LogP contribution in [-0.2, 0) is 22.6 Å². The summed E-state index contributed by atoms with van der Waals surface area (Å²) in [7, 11) is 0. The molecule has 0 aliphatic carbocycles. The van der Waals surface area contributed by atoms with E-state index in [0.29, 0.717) is 43.5 Å². The minimum Gasteiger partial charge on any atom is -0.444 e. The van der Waals surface area contributed by atoms with Crippen molar-refractivity contribution in [1.29, 1.82) is 0 Å². The molecule has 6 rings (SSSR count). The average Bonchev–Trinajstić information content (AvgIpc) is 3.43. The molecule has 0 spiro atoms. The van der Waals surface area contributed by atoms with Crippen molar-refractivity contribution in [2.45, 2.75) is 52.3 Å². The van der Waals surface area contributed by atoms with E-state index in [9.17, 15) is 4.79 Å². The van der Waals surface area contributed by atoms with E-state index in [1.165, 1.54) is 5.69 Å². The van der Waals surface area contributed by atoms with Gasteiger partial charge in [0.1, 0.15) is 5.60 Å². The van der Waals surface area contributed by atoms with Gasteiger partial charge in [-0.3, -0.25) is 0 Å². The van der Waals surface area contributed by atoms with Crippen LogP contribution in [0.2, 0.25) is 0 Å². The summed E-state index contributed by atoms with van der Waals surface area (Å²) in [6, 6.07) is 18.6. The Morgan fingerprint density at radius 1 is 1.02 bits per heavy atom. The molecule has 0 radical (unpaired) electrons. The predicted octanol–water partition coefficient (Wildman–Crippen LogP) is 5.67. The lowest BCUT2D eigenvalue weighted by Gasteiger charge is -2.34. The van der Waals surface area contributed by atoms with Gasteiger partial charge in [0.15, 0.2) is 17.0 Å². The molecule has 1 atom stereocenters. The normalized spacial score (nSPS) is 17.5. The monoisotopic (exact) mass is 598 g/mol. The molecule has 2 saturated heterocycles. The molecule has 2 aromatic heterocycles. The maximum absolute atomic E-state index is 12.8. The molecule has 2 aromatic carbocycles. The number of ether oxygens (including phenoxy) is 2. The Morgan fingerprint density at radius 3 is 2.55 bits per heavy atom. The van der Waals surface area contributed by atoms with Crippen molar-refractivity contribution >= 4 is 40.4 Å². The van der Waals surface area contributed by atoms with E-state index in [2.05, 4.69) is 56.5 Å². The van der Waals surface area contributed by atoms with Crippen LogP contribution in [0.4, 0.5) is 27.9 Å². The molecule has 2 aliphatic rings. The molecule has 44 heavy (non-hydrogen) atoms. The fourth-order valence-electron chi connectivity index (χ4n) is 5.73. The number of anilines is 4. The number of rotatable bonds is 8. The second kappa shape index (κ2) is 13.1. The molecule has 0 bridgehead atoms. The van der Waals surface area contributed by atoms with E-state index in [-0.39, 0.29) is 12.0 Å². The molecular weight excluding hydrogens is 556 g/mol. The van der Waals surface area contributed by atoms with E-state index in [4.69, 9.17) is 24.4 Å². The molecular formula is C33H42N8O3. The highest BCUT2D eigenvalue weighted by atomic mass is 16.6. The summed E-state index contributed by atoms with van der Waals surface area (Å²) in [6.45, 7) is 11.6. The van der Waals surface area contributed by atoms with Gasteiger partial charge in [-0.25, -0.2) is 9.78 Å². The molecule has 0 unspecified atom stereocenters. The van der Waals surface area contributed by atoms with Gasteiger partial charge in [0, 0.05) is 50.6 Å². The van der Waals surface area contributed by atoms with Crippen LogP contribution in [0.15, 0.2) is 60.9 Å². The third kappa shape index (κ3) is 7.39. The van der Waals surface area contributed by atoms with Gasteiger partial charge < -0.3 is 34.5 Å². The Bertz CT molecular complexity index is 1550. The number of benzene rings is 2. The van der Waals surface area contributed by atoms with Crippen molar-refractivity contribution in [2.24, 2.45) is 5.92 Å². The molecule has 2 aliphatic heterocycles. The minimum absolute atomic E-state index is 0.251. The number of morpholine rings is 1. The number of carbonyl (C=O) groups excluding carboxylic acids is 1. The average molecular weight is 599 g/mol. The number of imidazole rings is 1. The largest absolute Gasteiger partial charge is 0.444 e. The van der Waals surface area contributed by atoms with Crippen molar-refractivity contribution in [3.8, 4) is 0 Å². The first kappa shape index (κ1) is 29.7. The zero-order valence-electron chi connectivity index (χ0n) is 25.8. The number of hydrogen-bond acceptors (Lipinski definition) is 9. The van der Waals surface area contributed by atoms with Crippen LogP contribution in [-0.4, -0.2) is 75.5 Å². The summed E-state index contributed by atoms with van der Waals surface area (Å²) in [5.41, 5.74) is 4.17. The van der Waals surface area contributed by atoms with E-state index in [1.807, 2.05) is 50.2 Å². The van der Waals surface area contributed by atoms with E-state index >= 15 is 0 Å². The van der Waals surface area contributed by atoms with Gasteiger partial charge in [-0.2, -0.15) is 9.97 Å². The molecule has 11 heteroatoms. The number of nitrogens with zero attached hydrogens (tertiary/aromatic N) is 6. The number of amides is 1. The van der Waals surface area contributed by atoms with Crippen molar-refractivity contribution in [3.63, 3.8) is 0 Å². The maximum atomic E-state index is 12.8. The van der Waals surface area contributed by atoms with Gasteiger partial charge in [0.25, 0.3) is 0 Å². The SMILES string of the molecule is CC(C)(C)OC(=O)N1CCC[C@@H](Cn2cnc3c(NCc4ccccc4)nc(Nc4ccc(N5CCOCC5)cc4)nc32)C1. The second-order valence-electron chi connectivity index (χ2n) is 12.5. The zero-order valence-corrected chi connectivity index (χ0v) is 25.8. The molecule has 4 aromatic rings. The second-order valence-corrected chi connectivity index (χ2v) is 12.5. The highest BCUT2D eigenvalue weighted by molar-refractivity contribution is 5.84. The van der Waals surface area contributed by atoms with Crippen molar-refractivity contribution in [2.75, 3.05) is 54.9 Å². The topological polar surface area (TPSA) is 110 Å². The molecule has 1 amide bonds. The molecule has 0 saturated carbocycles. The lowest BCUT2D eigenvalue weighted by Crippen LogP contribution is -2.43. The van der Waals surface area contributed by atoms with Crippen LogP contribution in [0.3, 0.4) is 0 Å². The first-order valence-corrected chi connectivity index (χ1v) is 15.5. The van der Waals surface area contributed by atoms with Crippen LogP contribution in [0, 0.1) is 5.92 Å². The van der Waals surface area contributed by atoms with Gasteiger partial charge in [-0.1, -0.05) is 30.3 Å². The van der Waals surface area contributed by atoms with E-state index in [0.717, 1.165) is 56.0 Å². The van der Waals surface area contributed by atoms with E-state index in [1.54, 1.807) is 0 Å². The molecule has 2 fully saturated rings. The lowest BCUT2D eigenvalue weighted by molar-refractivity contribution is 0.0157. The Kier molecular flexibility index (Phi) is 8.83. The molecule has 232 valence electrons. The highest BCUT2D eigenvalue weighted by Gasteiger charge is 2.28. The van der Waals surface area contributed by atoms with Crippen LogP contribution in [0.25, 0.3) is 11.2 Å². The Labute approximate surface area is 258 Å². The quantitative estimate of drug-likeness (QED) is 0.265. The summed E-state index contributed by atoms with van der Waals surface area (Å²) in [6.07, 6.45) is 3.53. The van der Waals surface area contributed by atoms with Gasteiger partial charge in [-0.05, 0) is 69.4 Å². The van der Waals surface area contributed by atoms with Gasteiger partial charge >= 0.3 is 6.09 Å². The predicted molar refractivity (Wildman–Crippen MR) is 172 cm³/mol. The fourth-order valence-corrected chi connectivity index (χ4v) is 5.73. The highest BCUT2D eigenvalue weighted by Crippen LogP contribution is 2.27. The van der Waals surface area contributed by atoms with Crippen LogP contribution >= 0.6 is 0 Å². The molecule has 2 N–H and O–H groups in total. The van der Waals surface area contributed by atoms with Crippen LogP contribution in [0.5, 0.6) is 0 Å². The van der Waals surface area contributed by atoms with Crippen molar-refractivity contribution in [3.05, 3.63) is 66.5 Å². The summed E-state index contributed by atoms with van der Waals surface area (Å²) in [5.74, 6) is 1.42. The van der Waals surface area contributed by atoms with Crippen molar-refractivity contribution in [1.82, 2.24) is 24.4 Å². The summed E-state index contributed by atoms with van der Waals surface area (Å²) in [4.78, 5) is 31.4. The fraction of sp³-hybridized carbons (Fsp3) is 0.455. The number of carbonyl (C=O) groups is 1. The number of hydrogen-bond donors (Lipinski definition) is 2. The van der Waals surface area contributed by atoms with Gasteiger partial charge in [0.2, 0.25) is 5.95 Å². The number of piperidine rings is 1. The smallest absolute Gasteiger partial charge is 0.410 e. The number of fused-ring (bicyclic) bond motifs is 1. The van der Waals surface area contributed by atoms with E-state index < -0.39 is 5.60 Å². The Hall–Kier alpha value is -4.38. The number of nitrogens with one attached hydrogen (secondary N) is 2. The third-order valence-electron chi connectivity index (χ3n) is 7.89. The lowest BCUT2D eigenvalue weighted by atomic mass is 9.98. The first-order valence-electron chi connectivity index (χ1n) is 15.5. The zero-order chi connectivity index (χ0) is 30.5. The first-order chi connectivity index (χ1) is 21.3. The van der Waals surface area contributed by atoms with Crippen LogP contribution in [0.1, 0.15) is 39.2 Å². The number of aromatic nitrogens is 4. The Balaban J connectivity index is 1.23. The summed E-state index contributed by atoms with van der Waals surface area (Å²) in [5, 5.41) is 6.90. The molecule has 4 heterocycles. The molecule has 11 nitrogen and oxygen atoms in total. The Morgan fingerprint density at radius 2 is 1.80 bits per heavy atom. The number of likely N-dealkylation sites (tertiary alicyclic amines) is 1. The third-order valence-corrected chi connectivity index (χ3v) is 7.89. The van der Waals surface area contributed by atoms with Gasteiger partial charge in [-0.15, -0.1) is 0 Å².